The molecule has 0 atom stereocenters. The van der Waals surface area contributed by atoms with Crippen LogP contribution < -0.4 is 0 Å². The standard InChI is InChI=1S/C23H45Si/c1-4-6-8-10-12-14-16-18-20-22-24(3)23-21-19-17-15-13-11-9-7-5-2/h4-5H,1-2,6-23H2,3H3. The number of allylic oxidation sites excluding steroid dienone is 2. The lowest BCUT2D eigenvalue weighted by molar-refractivity contribution is 0.587. The van der Waals surface area contributed by atoms with Crippen LogP contribution in [0.2, 0.25) is 18.6 Å². The van der Waals surface area contributed by atoms with Crippen LogP contribution in [0, 0.1) is 0 Å². The van der Waals surface area contributed by atoms with Gasteiger partial charge in [-0.3, -0.25) is 0 Å². The van der Waals surface area contributed by atoms with Crippen LogP contribution in [0.5, 0.6) is 0 Å². The Morgan fingerprint density at radius 2 is 0.792 bits per heavy atom. The maximum Gasteiger partial charge on any atom is 0.0446 e. The van der Waals surface area contributed by atoms with Crippen LogP contribution >= 0.6 is 0 Å². The Morgan fingerprint density at radius 1 is 0.500 bits per heavy atom. The van der Waals surface area contributed by atoms with Gasteiger partial charge in [0.15, 0.2) is 0 Å². The summed E-state index contributed by atoms with van der Waals surface area (Å²) in [5.74, 6) is 0. The molecule has 0 N–H and O–H groups in total. The van der Waals surface area contributed by atoms with E-state index in [1.807, 2.05) is 0 Å². The van der Waals surface area contributed by atoms with Crippen molar-refractivity contribution in [2.24, 2.45) is 0 Å². The lowest BCUT2D eigenvalue weighted by Crippen LogP contribution is -2.05. The molecule has 0 aromatic heterocycles. The zero-order valence-corrected chi connectivity index (χ0v) is 17.8. The first-order valence-electron chi connectivity index (χ1n) is 10.8. The quantitative estimate of drug-likeness (QED) is 0.117. The van der Waals surface area contributed by atoms with Gasteiger partial charge in [-0.15, -0.1) is 13.2 Å². The number of hydrogen-bond acceptors (Lipinski definition) is 0. The molecule has 0 aromatic rings. The van der Waals surface area contributed by atoms with E-state index in [0.717, 1.165) is 0 Å². The van der Waals surface area contributed by atoms with E-state index in [1.54, 1.807) is 12.1 Å². The molecule has 24 heavy (non-hydrogen) atoms. The van der Waals surface area contributed by atoms with Gasteiger partial charge in [-0.1, -0.05) is 108 Å². The molecule has 0 nitrogen and oxygen atoms in total. The van der Waals surface area contributed by atoms with Crippen molar-refractivity contribution in [1.29, 1.82) is 0 Å². The van der Waals surface area contributed by atoms with Gasteiger partial charge in [0.2, 0.25) is 0 Å². The molecule has 0 saturated carbocycles. The Bertz CT molecular complexity index is 233. The van der Waals surface area contributed by atoms with Crippen molar-refractivity contribution in [3.63, 3.8) is 0 Å². The van der Waals surface area contributed by atoms with Crippen LogP contribution in [0.15, 0.2) is 25.3 Å². The minimum Gasteiger partial charge on any atom is -0.103 e. The van der Waals surface area contributed by atoms with Gasteiger partial charge in [0.25, 0.3) is 0 Å². The third kappa shape index (κ3) is 19.7. The summed E-state index contributed by atoms with van der Waals surface area (Å²) in [5, 5.41) is 0. The molecule has 0 aliphatic heterocycles. The van der Waals surface area contributed by atoms with E-state index in [-0.39, 0.29) is 8.80 Å². The molecule has 0 amide bonds. The van der Waals surface area contributed by atoms with Gasteiger partial charge < -0.3 is 0 Å². The minimum atomic E-state index is -0.0204. The Labute approximate surface area is 155 Å². The monoisotopic (exact) mass is 349 g/mol. The zero-order valence-electron chi connectivity index (χ0n) is 16.8. The normalized spacial score (nSPS) is 11.1. The van der Waals surface area contributed by atoms with Crippen molar-refractivity contribution >= 4 is 8.80 Å². The van der Waals surface area contributed by atoms with Gasteiger partial charge >= 0.3 is 0 Å². The fourth-order valence-electron chi connectivity index (χ4n) is 3.32. The summed E-state index contributed by atoms with van der Waals surface area (Å²) in [6, 6.07) is 3.12. The average molecular weight is 350 g/mol. The Hall–Kier alpha value is -0.303. The molecule has 1 heteroatoms. The van der Waals surface area contributed by atoms with Gasteiger partial charge in [-0.2, -0.15) is 0 Å². The summed E-state index contributed by atoms with van der Waals surface area (Å²) in [7, 11) is -0.0204. The molecule has 0 spiro atoms. The summed E-state index contributed by atoms with van der Waals surface area (Å²) in [6.07, 6.45) is 26.7. The Morgan fingerprint density at radius 3 is 1.12 bits per heavy atom. The first-order chi connectivity index (χ1) is 11.8. The van der Waals surface area contributed by atoms with E-state index >= 15 is 0 Å². The highest BCUT2D eigenvalue weighted by molar-refractivity contribution is 6.57. The molecule has 0 aliphatic rings. The first-order valence-corrected chi connectivity index (χ1v) is 13.3. The van der Waals surface area contributed by atoms with Gasteiger partial charge in [0.1, 0.15) is 0 Å². The molecule has 0 heterocycles. The number of rotatable bonds is 20. The van der Waals surface area contributed by atoms with Crippen LogP contribution in [-0.2, 0) is 0 Å². The van der Waals surface area contributed by atoms with Crippen molar-refractivity contribution in [2.75, 3.05) is 0 Å². The molecule has 0 saturated heterocycles. The summed E-state index contributed by atoms with van der Waals surface area (Å²) in [5.41, 5.74) is 0. The van der Waals surface area contributed by atoms with Crippen LogP contribution in [0.3, 0.4) is 0 Å². The molecule has 1 radical (unpaired) electrons. The maximum absolute atomic E-state index is 3.78. The fourth-order valence-corrected chi connectivity index (χ4v) is 5.28. The molecule has 141 valence electrons. The van der Waals surface area contributed by atoms with E-state index in [0.29, 0.717) is 0 Å². The predicted octanol–water partition coefficient (Wildman–Crippen LogP) is 8.72. The van der Waals surface area contributed by atoms with Crippen molar-refractivity contribution in [3.05, 3.63) is 25.3 Å². The van der Waals surface area contributed by atoms with Crippen LogP contribution in [0.4, 0.5) is 0 Å². The van der Waals surface area contributed by atoms with E-state index in [4.69, 9.17) is 0 Å². The lowest BCUT2D eigenvalue weighted by atomic mass is 10.1. The summed E-state index contributed by atoms with van der Waals surface area (Å²) < 4.78 is 0. The first kappa shape index (κ1) is 23.7. The molecule has 0 fully saturated rings. The molecule has 0 aliphatic carbocycles. The van der Waals surface area contributed by atoms with Gasteiger partial charge in [0, 0.05) is 8.80 Å². The van der Waals surface area contributed by atoms with Gasteiger partial charge in [-0.25, -0.2) is 0 Å². The zero-order chi connectivity index (χ0) is 17.7. The van der Waals surface area contributed by atoms with Crippen molar-refractivity contribution in [3.8, 4) is 0 Å². The molecule has 0 aromatic carbocycles. The van der Waals surface area contributed by atoms with E-state index in [1.165, 1.54) is 103 Å². The number of unbranched alkanes of at least 4 members (excludes halogenated alkanes) is 14. The molecule has 0 rings (SSSR count). The summed E-state index contributed by atoms with van der Waals surface area (Å²) in [4.78, 5) is 0. The fraction of sp³-hybridized carbons (Fsp3) is 0.826. The Kier molecular flexibility index (Phi) is 20.5. The van der Waals surface area contributed by atoms with E-state index in [9.17, 15) is 0 Å². The molecular weight excluding hydrogens is 304 g/mol. The second-order valence-electron chi connectivity index (χ2n) is 7.56. The second-order valence-corrected chi connectivity index (χ2v) is 10.5. The highest BCUT2D eigenvalue weighted by Gasteiger charge is 2.04. The van der Waals surface area contributed by atoms with Crippen molar-refractivity contribution in [1.82, 2.24) is 0 Å². The third-order valence-corrected chi connectivity index (χ3v) is 7.44. The molecule has 0 bridgehead atoms. The minimum absolute atomic E-state index is 0.0204. The van der Waals surface area contributed by atoms with E-state index < -0.39 is 0 Å². The van der Waals surface area contributed by atoms with Crippen LogP contribution in [-0.4, -0.2) is 8.80 Å². The topological polar surface area (TPSA) is 0 Å². The lowest BCUT2D eigenvalue weighted by Gasteiger charge is -2.09. The number of hydrogen-bond donors (Lipinski definition) is 0. The molecular formula is C23H45Si. The largest absolute Gasteiger partial charge is 0.103 e. The van der Waals surface area contributed by atoms with E-state index in [2.05, 4.69) is 31.9 Å². The highest BCUT2D eigenvalue weighted by atomic mass is 28.3. The summed E-state index contributed by atoms with van der Waals surface area (Å²) >= 11 is 0. The van der Waals surface area contributed by atoms with Crippen molar-refractivity contribution in [2.45, 2.75) is 121 Å². The van der Waals surface area contributed by atoms with Gasteiger partial charge in [0.05, 0.1) is 0 Å². The average Bonchev–Trinajstić information content (AvgIpc) is 2.59. The molecule has 0 unspecified atom stereocenters. The van der Waals surface area contributed by atoms with Crippen LogP contribution in [0.1, 0.15) is 103 Å². The highest BCUT2D eigenvalue weighted by Crippen LogP contribution is 2.15. The second kappa shape index (κ2) is 20.7. The third-order valence-electron chi connectivity index (χ3n) is 5.02. The van der Waals surface area contributed by atoms with Crippen LogP contribution in [0.25, 0.3) is 0 Å². The SMILES string of the molecule is C=CCCCCCCCCC[Si](C)CCCCCCCCCC=C. The Balaban J connectivity index is 3.14. The van der Waals surface area contributed by atoms with Crippen molar-refractivity contribution < 1.29 is 0 Å². The smallest absolute Gasteiger partial charge is 0.0446 e. The summed E-state index contributed by atoms with van der Waals surface area (Å²) in [6.45, 7) is 10.1. The van der Waals surface area contributed by atoms with Gasteiger partial charge in [-0.05, 0) is 25.7 Å². The maximum atomic E-state index is 3.78. The predicted molar refractivity (Wildman–Crippen MR) is 115 cm³/mol.